The quantitative estimate of drug-likeness (QED) is 0.702. The minimum atomic E-state index is -4.35. The van der Waals surface area contributed by atoms with Crippen LogP contribution in [0.5, 0.6) is 5.75 Å². The van der Waals surface area contributed by atoms with Gasteiger partial charge in [0.2, 0.25) is 0 Å². The first-order chi connectivity index (χ1) is 12.7. The fraction of sp³-hybridized carbons (Fsp3) is 0.350. The molecule has 0 aromatic heterocycles. The number of nitrogens with one attached hydrogen (secondary N) is 2. The average Bonchev–Trinajstić information content (AvgIpc) is 2.58. The van der Waals surface area contributed by atoms with Crippen LogP contribution < -0.4 is 15.4 Å². The number of rotatable bonds is 7. The number of alkyl halides is 3. The molecule has 0 atom stereocenters. The number of halogens is 3. The van der Waals surface area contributed by atoms with Crippen LogP contribution in [-0.4, -0.2) is 25.2 Å². The molecule has 0 saturated heterocycles. The zero-order valence-corrected chi connectivity index (χ0v) is 15.5. The summed E-state index contributed by atoms with van der Waals surface area (Å²) in [6.07, 6.45) is -4.35. The van der Waals surface area contributed by atoms with Gasteiger partial charge in [0, 0.05) is 0 Å². The Labute approximate surface area is 156 Å². The van der Waals surface area contributed by atoms with Crippen LogP contribution in [0.2, 0.25) is 0 Å². The number of carbonyl (C=O) groups is 1. The zero-order valence-electron chi connectivity index (χ0n) is 15.5. The Hall–Kier alpha value is -2.70. The summed E-state index contributed by atoms with van der Waals surface area (Å²) in [6, 6.07) is 12.0. The molecule has 0 bridgehead atoms. The van der Waals surface area contributed by atoms with E-state index in [2.05, 4.69) is 10.6 Å². The number of hydrogen-bond donors (Lipinski definition) is 2. The molecule has 27 heavy (non-hydrogen) atoms. The molecule has 2 aromatic rings. The van der Waals surface area contributed by atoms with Crippen LogP contribution in [0.15, 0.2) is 42.5 Å². The molecule has 2 N–H and O–H groups in total. The lowest BCUT2D eigenvalue weighted by atomic mass is 10.0. The standard InChI is InChI=1S/C20H23F3N2O2/c1-13(2)15-9-8-14(3)10-18(15)27-11-19(26)25-17-7-5-4-6-16(17)24-12-20(21,22)23/h4-10,13,24H,11-12H2,1-3H3,(H,25,26). The third-order valence-corrected chi connectivity index (χ3v) is 3.83. The van der Waals surface area contributed by atoms with Gasteiger partial charge in [0.15, 0.2) is 6.61 Å². The van der Waals surface area contributed by atoms with Gasteiger partial charge in [-0.3, -0.25) is 4.79 Å². The summed E-state index contributed by atoms with van der Waals surface area (Å²) in [5.41, 5.74) is 2.46. The van der Waals surface area contributed by atoms with Crippen LogP contribution in [-0.2, 0) is 4.79 Å². The normalized spacial score (nSPS) is 11.4. The topological polar surface area (TPSA) is 50.4 Å². The first kappa shape index (κ1) is 20.6. The Bertz CT molecular complexity index is 789. The number of aryl methyl sites for hydroxylation is 1. The van der Waals surface area contributed by atoms with E-state index in [4.69, 9.17) is 4.74 Å². The second-order valence-corrected chi connectivity index (χ2v) is 6.55. The molecule has 7 heteroatoms. The fourth-order valence-electron chi connectivity index (χ4n) is 2.51. The highest BCUT2D eigenvalue weighted by atomic mass is 19.4. The zero-order chi connectivity index (χ0) is 20.0. The van der Waals surface area contributed by atoms with E-state index >= 15 is 0 Å². The molecule has 0 unspecified atom stereocenters. The molecule has 1 amide bonds. The predicted octanol–water partition coefficient (Wildman–Crippen LogP) is 5.11. The molecule has 0 aliphatic rings. The Morgan fingerprint density at radius 2 is 1.78 bits per heavy atom. The lowest BCUT2D eigenvalue weighted by molar-refractivity contribution is -0.118. The third-order valence-electron chi connectivity index (χ3n) is 3.83. The molecular weight excluding hydrogens is 357 g/mol. The smallest absolute Gasteiger partial charge is 0.405 e. The Morgan fingerprint density at radius 1 is 1.11 bits per heavy atom. The van der Waals surface area contributed by atoms with Crippen molar-refractivity contribution in [3.05, 3.63) is 53.6 Å². The number of carbonyl (C=O) groups excluding carboxylic acids is 1. The summed E-state index contributed by atoms with van der Waals surface area (Å²) in [4.78, 5) is 12.2. The summed E-state index contributed by atoms with van der Waals surface area (Å²) in [5.74, 6) is 0.409. The van der Waals surface area contributed by atoms with Crippen LogP contribution >= 0.6 is 0 Å². The predicted molar refractivity (Wildman–Crippen MR) is 100 cm³/mol. The molecule has 0 saturated carbocycles. The van der Waals surface area contributed by atoms with Gasteiger partial charge >= 0.3 is 6.18 Å². The first-order valence-corrected chi connectivity index (χ1v) is 8.58. The number of benzene rings is 2. The molecule has 4 nitrogen and oxygen atoms in total. The van der Waals surface area contributed by atoms with E-state index in [-0.39, 0.29) is 23.9 Å². The Balaban J connectivity index is 2.02. The van der Waals surface area contributed by atoms with Crippen LogP contribution in [0.25, 0.3) is 0 Å². The van der Waals surface area contributed by atoms with Crippen LogP contribution in [0.1, 0.15) is 30.9 Å². The minimum Gasteiger partial charge on any atom is -0.483 e. The molecular formula is C20H23F3N2O2. The Morgan fingerprint density at radius 3 is 2.41 bits per heavy atom. The molecule has 0 fully saturated rings. The van der Waals surface area contributed by atoms with Gasteiger partial charge in [0.25, 0.3) is 5.91 Å². The summed E-state index contributed by atoms with van der Waals surface area (Å²) < 4.78 is 42.9. The molecule has 0 heterocycles. The van der Waals surface area contributed by atoms with Gasteiger partial charge in [-0.05, 0) is 42.2 Å². The largest absolute Gasteiger partial charge is 0.483 e. The number of para-hydroxylation sites is 2. The van der Waals surface area contributed by atoms with Gasteiger partial charge in [-0.2, -0.15) is 13.2 Å². The fourth-order valence-corrected chi connectivity index (χ4v) is 2.51. The summed E-state index contributed by atoms with van der Waals surface area (Å²) in [6.45, 7) is 4.56. The highest BCUT2D eigenvalue weighted by Crippen LogP contribution is 2.28. The molecule has 0 spiro atoms. The lowest BCUT2D eigenvalue weighted by Crippen LogP contribution is -2.24. The number of anilines is 2. The molecule has 146 valence electrons. The molecule has 0 radical (unpaired) electrons. The molecule has 0 aliphatic heterocycles. The maximum Gasteiger partial charge on any atom is 0.405 e. The van der Waals surface area contributed by atoms with E-state index in [1.54, 1.807) is 12.1 Å². The average molecular weight is 380 g/mol. The van der Waals surface area contributed by atoms with Crippen LogP contribution in [0.3, 0.4) is 0 Å². The summed E-state index contributed by atoms with van der Waals surface area (Å²) in [5, 5.41) is 4.87. The number of amides is 1. The van der Waals surface area contributed by atoms with Crippen molar-refractivity contribution in [1.29, 1.82) is 0 Å². The van der Waals surface area contributed by atoms with Crippen molar-refractivity contribution in [1.82, 2.24) is 0 Å². The first-order valence-electron chi connectivity index (χ1n) is 8.58. The van der Waals surface area contributed by atoms with Gasteiger partial charge in [0.05, 0.1) is 11.4 Å². The minimum absolute atomic E-state index is 0.196. The highest BCUT2D eigenvalue weighted by Gasteiger charge is 2.27. The number of hydrogen-bond acceptors (Lipinski definition) is 3. The summed E-state index contributed by atoms with van der Waals surface area (Å²) in [7, 11) is 0. The van der Waals surface area contributed by atoms with Crippen molar-refractivity contribution in [3.63, 3.8) is 0 Å². The second-order valence-electron chi connectivity index (χ2n) is 6.55. The van der Waals surface area contributed by atoms with Gasteiger partial charge < -0.3 is 15.4 Å². The third kappa shape index (κ3) is 6.51. The van der Waals surface area contributed by atoms with E-state index in [9.17, 15) is 18.0 Å². The van der Waals surface area contributed by atoms with Gasteiger partial charge in [-0.1, -0.05) is 38.1 Å². The van der Waals surface area contributed by atoms with E-state index in [1.807, 2.05) is 39.0 Å². The molecule has 2 aromatic carbocycles. The van der Waals surface area contributed by atoms with Crippen LogP contribution in [0.4, 0.5) is 24.5 Å². The van der Waals surface area contributed by atoms with Gasteiger partial charge in [-0.25, -0.2) is 0 Å². The van der Waals surface area contributed by atoms with E-state index in [0.717, 1.165) is 11.1 Å². The Kier molecular flexibility index (Phi) is 6.71. The monoisotopic (exact) mass is 380 g/mol. The SMILES string of the molecule is Cc1ccc(C(C)C)c(OCC(=O)Nc2ccccc2NCC(F)(F)F)c1. The van der Waals surface area contributed by atoms with Crippen molar-refractivity contribution >= 4 is 17.3 Å². The molecule has 2 rings (SSSR count). The highest BCUT2D eigenvalue weighted by molar-refractivity contribution is 5.95. The second kappa shape index (κ2) is 8.79. The number of ether oxygens (including phenoxy) is 1. The van der Waals surface area contributed by atoms with Crippen molar-refractivity contribution in [2.45, 2.75) is 32.9 Å². The molecule has 0 aliphatic carbocycles. The van der Waals surface area contributed by atoms with E-state index in [0.29, 0.717) is 5.75 Å². The van der Waals surface area contributed by atoms with E-state index < -0.39 is 18.6 Å². The lowest BCUT2D eigenvalue weighted by Gasteiger charge is -2.16. The van der Waals surface area contributed by atoms with Crippen molar-refractivity contribution in [3.8, 4) is 5.75 Å². The maximum atomic E-state index is 12.4. The summed E-state index contributed by atoms with van der Waals surface area (Å²) >= 11 is 0. The maximum absolute atomic E-state index is 12.4. The van der Waals surface area contributed by atoms with Gasteiger partial charge in [0.1, 0.15) is 12.3 Å². The van der Waals surface area contributed by atoms with Crippen LogP contribution in [0, 0.1) is 6.92 Å². The van der Waals surface area contributed by atoms with Gasteiger partial charge in [-0.15, -0.1) is 0 Å². The van der Waals surface area contributed by atoms with Crippen molar-refractivity contribution in [2.75, 3.05) is 23.8 Å². The van der Waals surface area contributed by atoms with E-state index in [1.165, 1.54) is 12.1 Å². The van der Waals surface area contributed by atoms with Crippen molar-refractivity contribution in [2.24, 2.45) is 0 Å². The van der Waals surface area contributed by atoms with Crippen molar-refractivity contribution < 1.29 is 22.7 Å².